The number of thioether (sulfide) groups is 1. The maximum atomic E-state index is 13.2. The van der Waals surface area contributed by atoms with Gasteiger partial charge < -0.3 is 10.2 Å². The number of nitrogens with one attached hydrogen (secondary N) is 1. The first kappa shape index (κ1) is 25.0. The zero-order valence-electron chi connectivity index (χ0n) is 19.7. The van der Waals surface area contributed by atoms with Crippen molar-refractivity contribution in [3.8, 4) is 0 Å². The van der Waals surface area contributed by atoms with E-state index in [0.717, 1.165) is 23.3 Å². The van der Waals surface area contributed by atoms with Crippen LogP contribution in [0, 0.1) is 20.8 Å². The molecule has 4 nitrogen and oxygen atoms in total. The Labute approximate surface area is 191 Å². The number of nitrogens with zero attached hydrogens (tertiary/aromatic N) is 1. The molecule has 0 fully saturated rings. The average molecular weight is 441 g/mol. The van der Waals surface area contributed by atoms with Crippen LogP contribution in [0.15, 0.2) is 42.5 Å². The van der Waals surface area contributed by atoms with E-state index in [-0.39, 0.29) is 17.9 Å². The van der Waals surface area contributed by atoms with E-state index in [2.05, 4.69) is 37.4 Å². The van der Waals surface area contributed by atoms with Gasteiger partial charge in [-0.1, -0.05) is 60.5 Å². The van der Waals surface area contributed by atoms with E-state index in [1.54, 1.807) is 16.7 Å². The summed E-state index contributed by atoms with van der Waals surface area (Å²) in [5.41, 5.74) is 5.89. The van der Waals surface area contributed by atoms with Crippen LogP contribution >= 0.6 is 11.8 Å². The molecule has 0 saturated carbocycles. The molecule has 1 N–H and O–H groups in total. The monoisotopic (exact) mass is 440 g/mol. The van der Waals surface area contributed by atoms with Crippen LogP contribution in [0.25, 0.3) is 0 Å². The van der Waals surface area contributed by atoms with E-state index in [0.29, 0.717) is 12.3 Å². The smallest absolute Gasteiger partial charge is 0.242 e. The molecule has 0 aliphatic rings. The minimum absolute atomic E-state index is 0.00979. The number of aryl methyl sites for hydroxylation is 3. The van der Waals surface area contributed by atoms with Gasteiger partial charge in [0.05, 0.1) is 5.75 Å². The molecule has 0 aromatic heterocycles. The van der Waals surface area contributed by atoms with Gasteiger partial charge in [-0.05, 0) is 57.7 Å². The lowest BCUT2D eigenvalue weighted by Crippen LogP contribution is -2.50. The van der Waals surface area contributed by atoms with Gasteiger partial charge in [0, 0.05) is 18.3 Å². The highest BCUT2D eigenvalue weighted by atomic mass is 32.2. The van der Waals surface area contributed by atoms with Crippen LogP contribution in [0.5, 0.6) is 0 Å². The molecule has 2 rings (SSSR count). The first-order chi connectivity index (χ1) is 14.7. The summed E-state index contributed by atoms with van der Waals surface area (Å²) in [4.78, 5) is 27.7. The molecule has 0 saturated heterocycles. The molecule has 2 atom stereocenters. The number of carbonyl (C=O) groups excluding carboxylic acids is 2. The van der Waals surface area contributed by atoms with E-state index < -0.39 is 6.04 Å². The number of benzene rings is 2. The number of hydrogen-bond acceptors (Lipinski definition) is 3. The van der Waals surface area contributed by atoms with Gasteiger partial charge in [-0.25, -0.2) is 0 Å². The van der Waals surface area contributed by atoms with Crippen molar-refractivity contribution >= 4 is 23.6 Å². The van der Waals surface area contributed by atoms with Crippen molar-refractivity contribution in [2.75, 3.05) is 5.75 Å². The molecule has 5 heteroatoms. The molecule has 168 valence electrons. The van der Waals surface area contributed by atoms with Gasteiger partial charge in [-0.3, -0.25) is 9.59 Å². The second kappa shape index (κ2) is 11.9. The summed E-state index contributed by atoms with van der Waals surface area (Å²) in [5.74, 6) is 1.01. The third-order valence-electron chi connectivity index (χ3n) is 5.55. The van der Waals surface area contributed by atoms with E-state index >= 15 is 0 Å². The second-order valence-electron chi connectivity index (χ2n) is 8.43. The normalized spacial score (nSPS) is 12.8. The van der Waals surface area contributed by atoms with Crippen molar-refractivity contribution in [2.45, 2.75) is 72.3 Å². The highest BCUT2D eigenvalue weighted by molar-refractivity contribution is 7.99. The van der Waals surface area contributed by atoms with Gasteiger partial charge in [0.2, 0.25) is 11.8 Å². The van der Waals surface area contributed by atoms with Crippen LogP contribution in [-0.4, -0.2) is 34.6 Å². The summed E-state index contributed by atoms with van der Waals surface area (Å²) in [6, 6.07) is 14.1. The standard InChI is InChI=1S/C26H36N2O2S/c1-7-21(5)27-26(30)22(6)28(15-24-11-9-8-10-20(24)4)25(29)17-31-16-23-13-18(2)12-19(3)14-23/h8-14,21-22H,7,15-17H2,1-6H3,(H,27,30)/t21-,22+/m0/s1. The molecule has 2 aromatic rings. The van der Waals surface area contributed by atoms with Crippen molar-refractivity contribution in [3.05, 3.63) is 70.3 Å². The zero-order chi connectivity index (χ0) is 23.0. The Bertz CT molecular complexity index is 876. The first-order valence-electron chi connectivity index (χ1n) is 11.0. The summed E-state index contributed by atoms with van der Waals surface area (Å²) in [6.07, 6.45) is 0.857. The lowest BCUT2D eigenvalue weighted by atomic mass is 10.1. The molecule has 0 spiro atoms. The second-order valence-corrected chi connectivity index (χ2v) is 9.42. The van der Waals surface area contributed by atoms with Crippen molar-refractivity contribution in [2.24, 2.45) is 0 Å². The molecule has 0 radical (unpaired) electrons. The Morgan fingerprint density at radius 2 is 1.68 bits per heavy atom. The highest BCUT2D eigenvalue weighted by Crippen LogP contribution is 2.19. The molecule has 2 aromatic carbocycles. The summed E-state index contributed by atoms with van der Waals surface area (Å²) in [6.45, 7) is 12.5. The Morgan fingerprint density at radius 1 is 1.03 bits per heavy atom. The lowest BCUT2D eigenvalue weighted by molar-refractivity contribution is -0.138. The van der Waals surface area contributed by atoms with Gasteiger partial charge in [0.1, 0.15) is 6.04 Å². The summed E-state index contributed by atoms with van der Waals surface area (Å²) in [7, 11) is 0. The highest BCUT2D eigenvalue weighted by Gasteiger charge is 2.27. The van der Waals surface area contributed by atoms with Crippen molar-refractivity contribution in [1.29, 1.82) is 0 Å². The van der Waals surface area contributed by atoms with Crippen LogP contribution < -0.4 is 5.32 Å². The van der Waals surface area contributed by atoms with E-state index in [4.69, 9.17) is 0 Å². The molecule has 31 heavy (non-hydrogen) atoms. The Kier molecular flexibility index (Phi) is 9.63. The molecular formula is C26H36N2O2S. The van der Waals surface area contributed by atoms with Gasteiger partial charge in [-0.15, -0.1) is 11.8 Å². The molecular weight excluding hydrogens is 404 g/mol. The van der Waals surface area contributed by atoms with Crippen LogP contribution in [0.2, 0.25) is 0 Å². The zero-order valence-corrected chi connectivity index (χ0v) is 20.5. The van der Waals surface area contributed by atoms with Gasteiger partial charge in [-0.2, -0.15) is 0 Å². The van der Waals surface area contributed by atoms with Gasteiger partial charge in [0.15, 0.2) is 0 Å². The average Bonchev–Trinajstić information content (AvgIpc) is 2.71. The Hall–Kier alpha value is -2.27. The fourth-order valence-corrected chi connectivity index (χ4v) is 4.36. The summed E-state index contributed by atoms with van der Waals surface area (Å²) >= 11 is 1.60. The minimum atomic E-state index is -0.525. The Balaban J connectivity index is 2.11. The fraction of sp³-hybridized carbons (Fsp3) is 0.462. The fourth-order valence-electron chi connectivity index (χ4n) is 3.51. The number of rotatable bonds is 10. The van der Waals surface area contributed by atoms with E-state index in [1.165, 1.54) is 16.7 Å². The van der Waals surface area contributed by atoms with Crippen LogP contribution in [0.1, 0.15) is 55.0 Å². The van der Waals surface area contributed by atoms with Crippen LogP contribution in [-0.2, 0) is 21.9 Å². The summed E-state index contributed by atoms with van der Waals surface area (Å²) in [5, 5.41) is 3.02. The molecule has 2 amide bonds. The van der Waals surface area contributed by atoms with Crippen molar-refractivity contribution in [3.63, 3.8) is 0 Å². The number of amides is 2. The van der Waals surface area contributed by atoms with Crippen LogP contribution in [0.4, 0.5) is 0 Å². The third kappa shape index (κ3) is 7.73. The molecule has 0 aliphatic carbocycles. The molecule has 0 bridgehead atoms. The lowest BCUT2D eigenvalue weighted by Gasteiger charge is -2.30. The molecule has 0 heterocycles. The van der Waals surface area contributed by atoms with Gasteiger partial charge >= 0.3 is 0 Å². The first-order valence-corrected chi connectivity index (χ1v) is 12.2. The minimum Gasteiger partial charge on any atom is -0.352 e. The predicted octanol–water partition coefficient (Wildman–Crippen LogP) is 5.18. The number of carbonyl (C=O) groups is 2. The topological polar surface area (TPSA) is 49.4 Å². The van der Waals surface area contributed by atoms with E-state index in [1.807, 2.05) is 52.0 Å². The third-order valence-corrected chi connectivity index (χ3v) is 6.53. The SMILES string of the molecule is CC[C@H](C)NC(=O)[C@@H](C)N(Cc1ccccc1C)C(=O)CSCc1cc(C)cc(C)c1. The number of hydrogen-bond donors (Lipinski definition) is 1. The Morgan fingerprint density at radius 3 is 2.29 bits per heavy atom. The largest absolute Gasteiger partial charge is 0.352 e. The van der Waals surface area contributed by atoms with Crippen molar-refractivity contribution in [1.82, 2.24) is 10.2 Å². The maximum Gasteiger partial charge on any atom is 0.242 e. The predicted molar refractivity (Wildman–Crippen MR) is 131 cm³/mol. The molecule has 0 aliphatic heterocycles. The maximum absolute atomic E-state index is 13.2. The molecule has 0 unspecified atom stereocenters. The summed E-state index contributed by atoms with van der Waals surface area (Å²) < 4.78 is 0. The van der Waals surface area contributed by atoms with E-state index in [9.17, 15) is 9.59 Å². The van der Waals surface area contributed by atoms with Crippen molar-refractivity contribution < 1.29 is 9.59 Å². The van der Waals surface area contributed by atoms with Gasteiger partial charge in [0.25, 0.3) is 0 Å². The van der Waals surface area contributed by atoms with Crippen LogP contribution in [0.3, 0.4) is 0 Å². The quantitative estimate of drug-likeness (QED) is 0.554.